The third-order valence-corrected chi connectivity index (χ3v) is 13.3. The van der Waals surface area contributed by atoms with E-state index in [1.54, 1.807) is 7.11 Å². The molecule has 0 aliphatic carbocycles. The quantitative estimate of drug-likeness (QED) is 0.0388. The molecule has 1 atom stereocenters. The number of urea groups is 2. The molecule has 0 bridgehead atoms. The summed E-state index contributed by atoms with van der Waals surface area (Å²) in [4.78, 5) is 40.0. The molecule has 5 N–H and O–H groups in total. The van der Waals surface area contributed by atoms with Crippen molar-refractivity contribution >= 4 is 18.0 Å². The maximum absolute atomic E-state index is 13.9. The van der Waals surface area contributed by atoms with Crippen molar-refractivity contribution in [1.82, 2.24) is 26.6 Å². The van der Waals surface area contributed by atoms with Crippen molar-refractivity contribution < 1.29 is 23.9 Å². The van der Waals surface area contributed by atoms with Crippen LogP contribution in [0.25, 0.3) is 0 Å². The Kier molecular flexibility index (Phi) is 38.5. The molecular weight excluding hydrogens is 823 g/mol. The van der Waals surface area contributed by atoms with Gasteiger partial charge in [-0.05, 0) is 79.1 Å². The predicted molar refractivity (Wildman–Crippen MR) is 283 cm³/mol. The van der Waals surface area contributed by atoms with Crippen molar-refractivity contribution in [2.24, 2.45) is 5.41 Å². The lowest BCUT2D eigenvalue weighted by molar-refractivity contribution is -0.124. The van der Waals surface area contributed by atoms with Crippen LogP contribution in [-0.4, -0.2) is 74.1 Å². The number of carbonyl (C=O) groups is 3. The number of rotatable bonds is 46. The number of hydrogen-bond acceptors (Lipinski definition) is 5. The summed E-state index contributed by atoms with van der Waals surface area (Å²) in [5, 5.41) is 14.9. The van der Waals surface area contributed by atoms with E-state index >= 15 is 0 Å². The summed E-state index contributed by atoms with van der Waals surface area (Å²) in [6.07, 6.45) is 41.1. The molecule has 0 saturated heterocycles. The summed E-state index contributed by atoms with van der Waals surface area (Å²) in [5.41, 5.74) is -1.37. The fourth-order valence-electron chi connectivity index (χ4n) is 9.67. The molecule has 10 heteroatoms. The van der Waals surface area contributed by atoms with Gasteiger partial charge in [-0.25, -0.2) is 9.59 Å². The van der Waals surface area contributed by atoms with Gasteiger partial charge >= 0.3 is 12.1 Å². The largest absolute Gasteiger partial charge is 0.379 e. The second kappa shape index (κ2) is 39.7. The molecule has 0 fully saturated rings. The number of amides is 5. The maximum Gasteiger partial charge on any atom is 0.315 e. The van der Waals surface area contributed by atoms with Crippen LogP contribution in [0.5, 0.6) is 0 Å². The summed E-state index contributed by atoms with van der Waals surface area (Å²) in [5.74, 6) is -0.321. The van der Waals surface area contributed by atoms with Gasteiger partial charge in [0.15, 0.2) is 0 Å². The van der Waals surface area contributed by atoms with Crippen molar-refractivity contribution in [1.29, 1.82) is 0 Å². The zero-order valence-electron chi connectivity index (χ0n) is 45.8. The first-order valence-electron chi connectivity index (χ1n) is 27.9. The second-order valence-electron chi connectivity index (χ2n) is 22.7. The summed E-state index contributed by atoms with van der Waals surface area (Å²) in [6.45, 7) is 23.1. The second-order valence-corrected chi connectivity index (χ2v) is 22.7. The van der Waals surface area contributed by atoms with Crippen LogP contribution in [0.1, 0.15) is 281 Å². The third kappa shape index (κ3) is 40.9. The van der Waals surface area contributed by atoms with Crippen molar-refractivity contribution in [3.63, 3.8) is 0 Å². The lowest BCUT2D eigenvalue weighted by atomic mass is 9.73. The van der Waals surface area contributed by atoms with E-state index in [0.29, 0.717) is 26.1 Å². The molecule has 0 rings (SSSR count). The van der Waals surface area contributed by atoms with Crippen molar-refractivity contribution in [2.45, 2.75) is 304 Å². The third-order valence-electron chi connectivity index (χ3n) is 13.3. The summed E-state index contributed by atoms with van der Waals surface area (Å²) >= 11 is 0. The fraction of sp³-hybridized carbons (Fsp3) is 0.946. The Morgan fingerprint density at radius 3 is 1.20 bits per heavy atom. The number of carbonyl (C=O) groups excluding carboxylic acids is 3. The van der Waals surface area contributed by atoms with Gasteiger partial charge in [-0.3, -0.25) is 4.79 Å². The standard InChI is InChI=1S/C56H113N5O5/c1-12-14-16-18-20-22-24-26-28-29-31-33-35-37-39-41-44-58-52(64)60-49(46-59-51(63)57-43-40-38-36-34-32-30-27-25-23-21-19-17-15-13-2)50(62)61-54(5,6)47-53(3,4)48-56(9,10)66-45-42-55(7,8)65-11/h49H,12-48H2,1-11H3,(H,61,62)(H2,57,59,63)(H2,58,60,64). The summed E-state index contributed by atoms with van der Waals surface area (Å²) < 4.78 is 11.9. The van der Waals surface area contributed by atoms with Crippen LogP contribution in [0, 0.1) is 5.41 Å². The average Bonchev–Trinajstić information content (AvgIpc) is 3.23. The minimum Gasteiger partial charge on any atom is -0.379 e. The zero-order chi connectivity index (χ0) is 49.4. The van der Waals surface area contributed by atoms with Gasteiger partial charge in [0.05, 0.1) is 17.8 Å². The van der Waals surface area contributed by atoms with E-state index in [-0.39, 0.29) is 35.1 Å². The van der Waals surface area contributed by atoms with Gasteiger partial charge in [-0.2, -0.15) is 0 Å². The molecule has 0 radical (unpaired) electrons. The van der Waals surface area contributed by atoms with Crippen molar-refractivity contribution in [3.8, 4) is 0 Å². The molecule has 66 heavy (non-hydrogen) atoms. The van der Waals surface area contributed by atoms with E-state index in [4.69, 9.17) is 9.47 Å². The highest BCUT2D eigenvalue weighted by Crippen LogP contribution is 2.37. The van der Waals surface area contributed by atoms with E-state index in [2.05, 4.69) is 82.0 Å². The Hall–Kier alpha value is -2.07. The number of methoxy groups -OCH3 is 1. The first-order valence-corrected chi connectivity index (χ1v) is 27.9. The van der Waals surface area contributed by atoms with Gasteiger partial charge in [0.2, 0.25) is 5.91 Å². The molecule has 0 aliphatic heterocycles. The van der Waals surface area contributed by atoms with Crippen LogP contribution in [0.2, 0.25) is 0 Å². The van der Waals surface area contributed by atoms with Crippen molar-refractivity contribution in [2.75, 3.05) is 33.4 Å². The topological polar surface area (TPSA) is 130 Å². The molecule has 1 unspecified atom stereocenters. The van der Waals surface area contributed by atoms with Gasteiger partial charge < -0.3 is 36.1 Å². The fourth-order valence-corrected chi connectivity index (χ4v) is 9.67. The molecule has 0 aliphatic rings. The molecule has 0 aromatic heterocycles. The zero-order valence-corrected chi connectivity index (χ0v) is 45.8. The van der Waals surface area contributed by atoms with Crippen LogP contribution in [0.15, 0.2) is 0 Å². The first-order chi connectivity index (χ1) is 31.4. The first kappa shape index (κ1) is 63.9. The molecule has 0 heterocycles. The van der Waals surface area contributed by atoms with Crippen LogP contribution in [0.3, 0.4) is 0 Å². The van der Waals surface area contributed by atoms with Crippen LogP contribution >= 0.6 is 0 Å². The number of hydrogen-bond donors (Lipinski definition) is 5. The molecular formula is C56H113N5O5. The molecule has 0 saturated carbocycles. The van der Waals surface area contributed by atoms with E-state index in [0.717, 1.165) is 38.5 Å². The van der Waals surface area contributed by atoms with Crippen LogP contribution in [0.4, 0.5) is 9.59 Å². The number of unbranched alkanes of at least 4 members (excludes halogenated alkanes) is 28. The van der Waals surface area contributed by atoms with Gasteiger partial charge in [0.1, 0.15) is 6.04 Å². The van der Waals surface area contributed by atoms with Crippen molar-refractivity contribution in [3.05, 3.63) is 0 Å². The molecule has 10 nitrogen and oxygen atoms in total. The molecule has 0 aromatic rings. The highest BCUT2D eigenvalue weighted by molar-refractivity contribution is 5.88. The smallest absolute Gasteiger partial charge is 0.315 e. The minimum atomic E-state index is -0.936. The van der Waals surface area contributed by atoms with E-state index in [1.165, 1.54) is 167 Å². The van der Waals surface area contributed by atoms with Gasteiger partial charge in [-0.1, -0.05) is 207 Å². The average molecular weight is 937 g/mol. The monoisotopic (exact) mass is 936 g/mol. The highest BCUT2D eigenvalue weighted by atomic mass is 16.5. The normalized spacial score (nSPS) is 12.8. The number of ether oxygens (including phenoxy) is 2. The van der Waals surface area contributed by atoms with E-state index in [1.807, 2.05) is 13.8 Å². The Labute approximate surface area is 409 Å². The summed E-state index contributed by atoms with van der Waals surface area (Å²) in [6, 6.07) is -1.65. The van der Waals surface area contributed by atoms with E-state index < -0.39 is 17.6 Å². The molecule has 392 valence electrons. The molecule has 5 amide bonds. The van der Waals surface area contributed by atoms with Gasteiger partial charge in [-0.15, -0.1) is 0 Å². The highest BCUT2D eigenvalue weighted by Gasteiger charge is 2.37. The minimum absolute atomic E-state index is 0.0129. The summed E-state index contributed by atoms with van der Waals surface area (Å²) in [7, 11) is 1.73. The van der Waals surface area contributed by atoms with Crippen LogP contribution < -0.4 is 26.6 Å². The lowest BCUT2D eigenvalue weighted by Crippen LogP contribution is -2.59. The Morgan fingerprint density at radius 2 is 0.818 bits per heavy atom. The maximum atomic E-state index is 13.9. The van der Waals surface area contributed by atoms with Crippen LogP contribution in [-0.2, 0) is 14.3 Å². The molecule has 0 aromatic carbocycles. The lowest BCUT2D eigenvalue weighted by Gasteiger charge is -2.41. The van der Waals surface area contributed by atoms with E-state index in [9.17, 15) is 14.4 Å². The number of nitrogens with one attached hydrogen (secondary N) is 5. The van der Waals surface area contributed by atoms with Gasteiger partial charge in [0.25, 0.3) is 0 Å². The Balaban J connectivity index is 4.89. The Bertz CT molecular complexity index is 1180. The van der Waals surface area contributed by atoms with Gasteiger partial charge in [0, 0.05) is 32.3 Å². The Morgan fingerprint density at radius 1 is 0.455 bits per heavy atom. The predicted octanol–water partition coefficient (Wildman–Crippen LogP) is 15.0. The molecule has 0 spiro atoms. The SMILES string of the molecule is CCCCCCCCCCCCCCCCCCNC(=O)NC(CNC(=O)NCCCCCCCCCCCCCCCC)C(=O)NC(C)(C)CC(C)(C)CC(C)(C)OCCC(C)(C)OC.